The van der Waals surface area contributed by atoms with Gasteiger partial charge in [-0.25, -0.2) is 19.2 Å². The number of aromatic nitrogens is 4. The van der Waals surface area contributed by atoms with Crippen LogP contribution in [0.3, 0.4) is 0 Å². The van der Waals surface area contributed by atoms with Crippen molar-refractivity contribution in [3.05, 3.63) is 95.2 Å². The van der Waals surface area contributed by atoms with Gasteiger partial charge < -0.3 is 21.3 Å². The molecule has 0 aliphatic rings. The van der Waals surface area contributed by atoms with E-state index in [1.807, 2.05) is 55.5 Å². The Morgan fingerprint density at radius 3 is 2.40 bits per heavy atom. The summed E-state index contributed by atoms with van der Waals surface area (Å²) in [4.78, 5) is 18.5. The molecule has 13 heteroatoms. The summed E-state index contributed by atoms with van der Waals surface area (Å²) >= 11 is 0. The van der Waals surface area contributed by atoms with Crippen molar-refractivity contribution in [2.75, 3.05) is 18.6 Å². The fourth-order valence-corrected chi connectivity index (χ4v) is 4.53. The number of ether oxygens (including phenoxy) is 1. The van der Waals surface area contributed by atoms with Crippen LogP contribution in [0.15, 0.2) is 66.7 Å². The lowest BCUT2D eigenvalue weighted by Crippen LogP contribution is -2.21. The standard InChI is InChI=1S/C28H27FN6O.C2HF3O2/c1-4-16-9-12-22(29)21(13-16)25(23-15-17-14-18(30)10-11-19(17)26(31)32-23)28-33-27(34-35(28)2)20-7-5-6-8-24(20)36-3;3-2(4,5)1(6)7/h5-15,25H,4,30H2,1-3H3,(H2,31,32);(H,6,7). The Hall–Kier alpha value is -5.20. The Morgan fingerprint density at radius 1 is 1.05 bits per heavy atom. The summed E-state index contributed by atoms with van der Waals surface area (Å²) in [5.41, 5.74) is 15.8. The second-order valence-electron chi connectivity index (χ2n) is 9.48. The number of nitrogen functional groups attached to an aromatic ring is 2. The molecule has 224 valence electrons. The molecular formula is C30H28F4N6O3. The molecule has 5 N–H and O–H groups in total. The molecule has 0 spiro atoms. The van der Waals surface area contributed by atoms with Gasteiger partial charge in [0.25, 0.3) is 0 Å². The van der Waals surface area contributed by atoms with E-state index >= 15 is 4.39 Å². The molecule has 43 heavy (non-hydrogen) atoms. The minimum atomic E-state index is -5.08. The zero-order chi connectivity index (χ0) is 31.5. The smallest absolute Gasteiger partial charge is 0.490 e. The van der Waals surface area contributed by atoms with Gasteiger partial charge in [-0.2, -0.15) is 18.3 Å². The number of para-hydroxylation sites is 1. The van der Waals surface area contributed by atoms with Crippen LogP contribution >= 0.6 is 0 Å². The van der Waals surface area contributed by atoms with Crippen molar-refractivity contribution in [3.8, 4) is 17.1 Å². The predicted octanol–water partition coefficient (Wildman–Crippen LogP) is 5.72. The number of nitrogens with two attached hydrogens (primary N) is 2. The quantitative estimate of drug-likeness (QED) is 0.167. The lowest BCUT2D eigenvalue weighted by Gasteiger charge is -2.19. The molecular weight excluding hydrogens is 568 g/mol. The van der Waals surface area contributed by atoms with E-state index in [0.29, 0.717) is 40.2 Å². The molecule has 1 atom stereocenters. The molecule has 2 aromatic heterocycles. The third-order valence-corrected chi connectivity index (χ3v) is 6.63. The van der Waals surface area contributed by atoms with Crippen LogP contribution in [0.25, 0.3) is 22.2 Å². The number of nitrogens with zero attached hydrogens (tertiary/aromatic N) is 4. The molecule has 0 aliphatic carbocycles. The van der Waals surface area contributed by atoms with Gasteiger partial charge in [0.1, 0.15) is 23.2 Å². The van der Waals surface area contributed by atoms with Crippen molar-refractivity contribution in [1.29, 1.82) is 0 Å². The molecule has 0 radical (unpaired) electrons. The Bertz CT molecular complexity index is 1790. The summed E-state index contributed by atoms with van der Waals surface area (Å²) in [6.07, 6.45) is -4.32. The van der Waals surface area contributed by atoms with Crippen LogP contribution in [0, 0.1) is 5.82 Å². The van der Waals surface area contributed by atoms with Crippen molar-refractivity contribution in [2.45, 2.75) is 25.4 Å². The van der Waals surface area contributed by atoms with Crippen molar-refractivity contribution in [1.82, 2.24) is 19.7 Å². The van der Waals surface area contributed by atoms with Crippen LogP contribution < -0.4 is 16.2 Å². The van der Waals surface area contributed by atoms with Gasteiger partial charge in [0.15, 0.2) is 5.82 Å². The third kappa shape index (κ3) is 6.66. The normalized spacial score (nSPS) is 12.0. The first-order chi connectivity index (χ1) is 20.3. The number of pyridine rings is 1. The Kier molecular flexibility index (Phi) is 8.83. The van der Waals surface area contributed by atoms with Crippen LogP contribution in [-0.2, 0) is 18.3 Å². The summed E-state index contributed by atoms with van der Waals surface area (Å²) in [6, 6.07) is 20.0. The summed E-state index contributed by atoms with van der Waals surface area (Å²) in [6.45, 7) is 2.03. The zero-order valence-electron chi connectivity index (χ0n) is 23.4. The number of aliphatic carboxylic acids is 1. The number of hydrogen-bond donors (Lipinski definition) is 3. The molecule has 0 saturated heterocycles. The maximum atomic E-state index is 15.4. The molecule has 0 aliphatic heterocycles. The molecule has 0 saturated carbocycles. The SMILES string of the molecule is CCc1ccc(F)c(C(c2cc3cc(N)ccc3c(N)n2)c2nc(-c3ccccc3OC)nn2C)c1.O=C(O)C(F)(F)F. The van der Waals surface area contributed by atoms with Crippen molar-refractivity contribution in [3.63, 3.8) is 0 Å². The van der Waals surface area contributed by atoms with Gasteiger partial charge in [0, 0.05) is 23.7 Å². The number of rotatable bonds is 6. The second kappa shape index (κ2) is 12.3. The molecule has 0 fully saturated rings. The average molecular weight is 597 g/mol. The third-order valence-electron chi connectivity index (χ3n) is 6.63. The van der Waals surface area contributed by atoms with Crippen LogP contribution in [0.4, 0.5) is 29.1 Å². The molecule has 0 bridgehead atoms. The number of aryl methyl sites for hydroxylation is 2. The number of methoxy groups -OCH3 is 1. The van der Waals surface area contributed by atoms with E-state index in [-0.39, 0.29) is 5.82 Å². The van der Waals surface area contributed by atoms with Gasteiger partial charge in [-0.05, 0) is 59.8 Å². The van der Waals surface area contributed by atoms with Gasteiger partial charge in [0.05, 0.1) is 24.3 Å². The number of halogens is 4. The van der Waals surface area contributed by atoms with Gasteiger partial charge in [-0.3, -0.25) is 4.68 Å². The molecule has 3 aromatic carbocycles. The van der Waals surface area contributed by atoms with E-state index in [4.69, 9.17) is 36.1 Å². The number of carboxylic acid groups (broad SMARTS) is 1. The summed E-state index contributed by atoms with van der Waals surface area (Å²) < 4.78 is 54.3. The zero-order valence-corrected chi connectivity index (χ0v) is 23.4. The van der Waals surface area contributed by atoms with Gasteiger partial charge in [-0.1, -0.05) is 31.2 Å². The molecule has 0 amide bonds. The summed E-state index contributed by atoms with van der Waals surface area (Å²) in [5, 5.41) is 13.4. The predicted molar refractivity (Wildman–Crippen MR) is 154 cm³/mol. The minimum absolute atomic E-state index is 0.340. The number of hydrogen-bond acceptors (Lipinski definition) is 7. The Morgan fingerprint density at radius 2 is 1.74 bits per heavy atom. The van der Waals surface area contributed by atoms with E-state index in [0.717, 1.165) is 28.3 Å². The fraction of sp³-hybridized carbons (Fsp3) is 0.200. The highest BCUT2D eigenvalue weighted by molar-refractivity contribution is 5.93. The molecule has 9 nitrogen and oxygen atoms in total. The monoisotopic (exact) mass is 596 g/mol. The molecule has 2 heterocycles. The lowest BCUT2D eigenvalue weighted by molar-refractivity contribution is -0.192. The van der Waals surface area contributed by atoms with Crippen LogP contribution in [0.1, 0.15) is 35.5 Å². The fourth-order valence-electron chi connectivity index (χ4n) is 4.53. The first kappa shape index (κ1) is 30.8. The van der Waals surface area contributed by atoms with Crippen LogP contribution in [0.2, 0.25) is 0 Å². The van der Waals surface area contributed by atoms with Crippen molar-refractivity contribution < 1.29 is 32.2 Å². The van der Waals surface area contributed by atoms with E-state index < -0.39 is 18.1 Å². The second-order valence-corrected chi connectivity index (χ2v) is 9.48. The van der Waals surface area contributed by atoms with E-state index in [9.17, 15) is 13.2 Å². The van der Waals surface area contributed by atoms with Gasteiger partial charge in [0.2, 0.25) is 0 Å². The summed E-state index contributed by atoms with van der Waals surface area (Å²) in [7, 11) is 3.39. The van der Waals surface area contributed by atoms with E-state index in [2.05, 4.69) is 5.10 Å². The number of anilines is 2. The Balaban J connectivity index is 0.000000541. The van der Waals surface area contributed by atoms with E-state index in [1.165, 1.54) is 6.07 Å². The van der Waals surface area contributed by atoms with Crippen molar-refractivity contribution >= 4 is 28.2 Å². The Labute approximate surface area is 243 Å². The number of fused-ring (bicyclic) bond motifs is 1. The highest BCUT2D eigenvalue weighted by Gasteiger charge is 2.38. The average Bonchev–Trinajstić information content (AvgIpc) is 3.34. The maximum Gasteiger partial charge on any atom is 0.490 e. The number of benzene rings is 3. The van der Waals surface area contributed by atoms with Crippen LogP contribution in [0.5, 0.6) is 5.75 Å². The highest BCUT2D eigenvalue weighted by atomic mass is 19.4. The highest BCUT2D eigenvalue weighted by Crippen LogP contribution is 2.37. The first-order valence-corrected chi connectivity index (χ1v) is 12.9. The van der Waals surface area contributed by atoms with E-state index in [1.54, 1.807) is 31.0 Å². The molecule has 5 aromatic rings. The molecule has 1 unspecified atom stereocenters. The van der Waals surface area contributed by atoms with Crippen molar-refractivity contribution in [2.24, 2.45) is 7.05 Å². The topological polar surface area (TPSA) is 142 Å². The van der Waals surface area contributed by atoms with Crippen LogP contribution in [-0.4, -0.2) is 44.1 Å². The van der Waals surface area contributed by atoms with Gasteiger partial charge in [-0.15, -0.1) is 0 Å². The number of alkyl halides is 3. The largest absolute Gasteiger partial charge is 0.496 e. The molecule has 5 rings (SSSR count). The first-order valence-electron chi connectivity index (χ1n) is 12.9. The lowest BCUT2D eigenvalue weighted by atomic mass is 9.91. The minimum Gasteiger partial charge on any atom is -0.496 e. The maximum absolute atomic E-state index is 15.4. The number of carboxylic acids is 1. The number of carbonyl (C=O) groups is 1. The van der Waals surface area contributed by atoms with Gasteiger partial charge >= 0.3 is 12.1 Å². The summed E-state index contributed by atoms with van der Waals surface area (Å²) in [5.74, 6) is -1.79.